The first-order chi connectivity index (χ1) is 17.6. The maximum atomic E-state index is 13.7. The molecular formula is C27H27N3O6S. The molecule has 1 atom stereocenters. The fourth-order valence-corrected chi connectivity index (χ4v) is 5.17. The van der Waals surface area contributed by atoms with Crippen LogP contribution in [0.5, 0.6) is 11.5 Å². The third-order valence-corrected chi connectivity index (χ3v) is 6.87. The number of esters is 2. The normalized spacial score (nSPS) is 15.1. The zero-order valence-electron chi connectivity index (χ0n) is 21.4. The van der Waals surface area contributed by atoms with Crippen LogP contribution in [0.3, 0.4) is 0 Å². The predicted molar refractivity (Wildman–Crippen MR) is 141 cm³/mol. The van der Waals surface area contributed by atoms with Crippen molar-refractivity contribution in [2.24, 2.45) is 4.99 Å². The Morgan fingerprint density at radius 2 is 1.78 bits per heavy atom. The molecule has 0 fully saturated rings. The van der Waals surface area contributed by atoms with Gasteiger partial charge in [0.15, 0.2) is 16.3 Å². The minimum Gasteiger partial charge on any atom is -0.493 e. The first kappa shape index (κ1) is 25.9. The summed E-state index contributed by atoms with van der Waals surface area (Å²) in [5.41, 5.74) is 2.88. The van der Waals surface area contributed by atoms with Gasteiger partial charge in [-0.05, 0) is 48.4 Å². The summed E-state index contributed by atoms with van der Waals surface area (Å²) in [5, 5.41) is 0. The minimum absolute atomic E-state index is 0.229. The molecule has 0 amide bonds. The van der Waals surface area contributed by atoms with E-state index in [1.165, 1.54) is 37.0 Å². The van der Waals surface area contributed by atoms with Crippen molar-refractivity contribution in [2.45, 2.75) is 19.9 Å². The third kappa shape index (κ3) is 5.05. The number of ether oxygens (including phenoxy) is 3. The molecule has 0 N–H and O–H groups in total. The molecule has 37 heavy (non-hydrogen) atoms. The molecule has 0 saturated heterocycles. The highest BCUT2D eigenvalue weighted by molar-refractivity contribution is 7.07. The van der Waals surface area contributed by atoms with Crippen molar-refractivity contribution in [3.05, 3.63) is 84.5 Å². The molecule has 2 heterocycles. The second kappa shape index (κ2) is 10.4. The zero-order valence-corrected chi connectivity index (χ0v) is 22.2. The van der Waals surface area contributed by atoms with Crippen molar-refractivity contribution in [1.29, 1.82) is 0 Å². The Balaban J connectivity index is 1.91. The van der Waals surface area contributed by atoms with E-state index >= 15 is 0 Å². The lowest BCUT2D eigenvalue weighted by molar-refractivity contribution is -0.136. The molecule has 4 rings (SSSR count). The van der Waals surface area contributed by atoms with Crippen LogP contribution in [0.2, 0.25) is 0 Å². The number of aromatic nitrogens is 1. The van der Waals surface area contributed by atoms with E-state index in [9.17, 15) is 14.4 Å². The van der Waals surface area contributed by atoms with Crippen LogP contribution in [0.15, 0.2) is 63.5 Å². The Hall–Kier alpha value is -4.18. The highest BCUT2D eigenvalue weighted by Gasteiger charge is 2.33. The number of allylic oxidation sites excluding steroid dienone is 1. The van der Waals surface area contributed by atoms with Crippen molar-refractivity contribution in [3.8, 4) is 11.5 Å². The lowest BCUT2D eigenvalue weighted by Crippen LogP contribution is -2.39. The second-order valence-corrected chi connectivity index (χ2v) is 9.57. The molecule has 0 aliphatic carbocycles. The van der Waals surface area contributed by atoms with Gasteiger partial charge >= 0.3 is 11.9 Å². The minimum atomic E-state index is -0.817. The summed E-state index contributed by atoms with van der Waals surface area (Å²) in [6, 6.07) is 11.9. The van der Waals surface area contributed by atoms with Crippen molar-refractivity contribution in [3.63, 3.8) is 0 Å². The van der Waals surface area contributed by atoms with Crippen LogP contribution in [0.25, 0.3) is 6.08 Å². The molecule has 0 radical (unpaired) electrons. The summed E-state index contributed by atoms with van der Waals surface area (Å²) in [6.07, 6.45) is 1.81. The molecule has 1 unspecified atom stereocenters. The molecular weight excluding hydrogens is 494 g/mol. The molecule has 1 aliphatic heterocycles. The number of methoxy groups -OCH3 is 2. The molecule has 0 spiro atoms. The fourth-order valence-electron chi connectivity index (χ4n) is 4.12. The Kier molecular flexibility index (Phi) is 7.30. The highest BCUT2D eigenvalue weighted by Crippen LogP contribution is 2.36. The summed E-state index contributed by atoms with van der Waals surface area (Å²) >= 11 is 1.24. The topological polar surface area (TPSA) is 99.4 Å². The molecule has 10 heteroatoms. The Morgan fingerprint density at radius 1 is 1.08 bits per heavy atom. The Morgan fingerprint density at radius 3 is 2.38 bits per heavy atom. The largest absolute Gasteiger partial charge is 0.493 e. The number of benzene rings is 2. The van der Waals surface area contributed by atoms with Crippen LogP contribution in [-0.2, 0) is 14.3 Å². The van der Waals surface area contributed by atoms with E-state index in [0.29, 0.717) is 20.6 Å². The average Bonchev–Trinajstić information content (AvgIpc) is 3.17. The smallest absolute Gasteiger partial charge is 0.338 e. The van der Waals surface area contributed by atoms with Gasteiger partial charge in [-0.15, -0.1) is 0 Å². The summed E-state index contributed by atoms with van der Waals surface area (Å²) in [5.74, 6) is -0.575. The zero-order chi connectivity index (χ0) is 26.9. The van der Waals surface area contributed by atoms with Gasteiger partial charge in [-0.25, -0.2) is 9.79 Å². The van der Waals surface area contributed by atoms with Crippen LogP contribution >= 0.6 is 11.3 Å². The molecule has 192 valence electrons. The molecule has 3 aromatic rings. The van der Waals surface area contributed by atoms with Crippen molar-refractivity contribution >= 4 is 35.0 Å². The monoisotopic (exact) mass is 521 g/mol. The van der Waals surface area contributed by atoms with Crippen LogP contribution in [0.1, 0.15) is 31.0 Å². The first-order valence-electron chi connectivity index (χ1n) is 11.4. The maximum Gasteiger partial charge on any atom is 0.338 e. The van der Waals surface area contributed by atoms with Gasteiger partial charge in [0, 0.05) is 26.7 Å². The van der Waals surface area contributed by atoms with Crippen LogP contribution in [0.4, 0.5) is 5.69 Å². The molecule has 2 aromatic carbocycles. The number of hydrogen-bond acceptors (Lipinski definition) is 9. The number of fused-ring (bicyclic) bond motifs is 1. The quantitative estimate of drug-likeness (QED) is 0.363. The van der Waals surface area contributed by atoms with E-state index in [1.807, 2.05) is 49.3 Å². The Labute approximate surface area is 217 Å². The summed E-state index contributed by atoms with van der Waals surface area (Å²) in [6.45, 7) is 3.00. The molecule has 1 aliphatic rings. The SMILES string of the molecule is COC(=O)C1=C(C)N=c2s/c(=C\c3ccc(N(C)C)cc3)c(=O)n2C1c1ccc(OC(C)=O)c(OC)c1. The number of carbonyl (C=O) groups is 2. The summed E-state index contributed by atoms with van der Waals surface area (Å²) in [4.78, 5) is 45.1. The van der Waals surface area contributed by atoms with E-state index < -0.39 is 18.0 Å². The van der Waals surface area contributed by atoms with E-state index in [0.717, 1.165) is 11.3 Å². The highest BCUT2D eigenvalue weighted by atomic mass is 32.1. The number of thiazole rings is 1. The number of rotatable bonds is 6. The van der Waals surface area contributed by atoms with Crippen molar-refractivity contribution in [1.82, 2.24) is 4.57 Å². The van der Waals surface area contributed by atoms with Gasteiger partial charge in [0.1, 0.15) is 0 Å². The Bertz CT molecular complexity index is 1580. The van der Waals surface area contributed by atoms with E-state index in [1.54, 1.807) is 25.1 Å². The fraction of sp³-hybridized carbons (Fsp3) is 0.259. The number of hydrogen-bond donors (Lipinski definition) is 0. The average molecular weight is 522 g/mol. The van der Waals surface area contributed by atoms with E-state index in [-0.39, 0.29) is 22.6 Å². The standard InChI is InChI=1S/C27H27N3O6S/c1-15-23(26(33)35-6)24(18-9-12-20(36-16(2)31)21(14-18)34-5)30-25(32)22(37-27(30)28-15)13-17-7-10-19(11-8-17)29(3)4/h7-14,24H,1-6H3/b22-13-. The van der Waals surface area contributed by atoms with Crippen molar-refractivity contribution in [2.75, 3.05) is 33.2 Å². The van der Waals surface area contributed by atoms with Gasteiger partial charge < -0.3 is 19.1 Å². The lowest BCUT2D eigenvalue weighted by atomic mass is 9.95. The van der Waals surface area contributed by atoms with Gasteiger partial charge in [0.25, 0.3) is 5.56 Å². The van der Waals surface area contributed by atoms with E-state index in [2.05, 4.69) is 4.99 Å². The second-order valence-electron chi connectivity index (χ2n) is 8.56. The summed E-state index contributed by atoms with van der Waals surface area (Å²) < 4.78 is 17.7. The molecule has 0 saturated carbocycles. The van der Waals surface area contributed by atoms with Crippen LogP contribution in [-0.4, -0.2) is 44.8 Å². The predicted octanol–water partition coefficient (Wildman–Crippen LogP) is 2.41. The van der Waals surface area contributed by atoms with Crippen LogP contribution in [0, 0.1) is 0 Å². The first-order valence-corrected chi connectivity index (χ1v) is 12.2. The van der Waals surface area contributed by atoms with Crippen LogP contribution < -0.4 is 29.3 Å². The van der Waals surface area contributed by atoms with Gasteiger partial charge in [0.05, 0.1) is 36.1 Å². The third-order valence-electron chi connectivity index (χ3n) is 5.89. The van der Waals surface area contributed by atoms with Crippen molar-refractivity contribution < 1.29 is 23.8 Å². The number of carbonyl (C=O) groups excluding carboxylic acids is 2. The maximum absolute atomic E-state index is 13.7. The lowest BCUT2D eigenvalue weighted by Gasteiger charge is -2.25. The number of nitrogens with zero attached hydrogens (tertiary/aromatic N) is 3. The van der Waals surface area contributed by atoms with Gasteiger partial charge in [-0.3, -0.25) is 14.2 Å². The summed E-state index contributed by atoms with van der Waals surface area (Å²) in [7, 11) is 6.65. The van der Waals surface area contributed by atoms with Gasteiger partial charge in [-0.2, -0.15) is 0 Å². The molecule has 1 aromatic heterocycles. The van der Waals surface area contributed by atoms with Gasteiger partial charge in [0.2, 0.25) is 0 Å². The van der Waals surface area contributed by atoms with Gasteiger partial charge in [-0.1, -0.05) is 29.5 Å². The van der Waals surface area contributed by atoms with E-state index in [4.69, 9.17) is 14.2 Å². The number of anilines is 1. The molecule has 9 nitrogen and oxygen atoms in total. The molecule has 0 bridgehead atoms.